The second-order valence-corrected chi connectivity index (χ2v) is 4.84. The van der Waals surface area contributed by atoms with Crippen molar-refractivity contribution in [2.24, 2.45) is 0 Å². The molecule has 1 aliphatic rings. The minimum absolute atomic E-state index is 0.106. The zero-order valence-corrected chi connectivity index (χ0v) is 12.0. The third-order valence-electron chi connectivity index (χ3n) is 3.55. The summed E-state index contributed by atoms with van der Waals surface area (Å²) < 4.78 is 4.71. The molecule has 1 aromatic heterocycles. The van der Waals surface area contributed by atoms with Crippen molar-refractivity contribution in [3.63, 3.8) is 0 Å². The van der Waals surface area contributed by atoms with E-state index >= 15 is 0 Å². The van der Waals surface area contributed by atoms with Gasteiger partial charge in [-0.05, 0) is 18.6 Å². The average Bonchev–Trinajstić information content (AvgIpc) is 2.46. The van der Waals surface area contributed by atoms with Gasteiger partial charge in [-0.3, -0.25) is 4.79 Å². The Morgan fingerprint density at radius 3 is 2.40 bits per heavy atom. The molecule has 20 heavy (non-hydrogen) atoms. The topological polar surface area (TPSA) is 62.7 Å². The molecule has 6 nitrogen and oxygen atoms in total. The molecule has 0 saturated carbocycles. The summed E-state index contributed by atoms with van der Waals surface area (Å²) in [7, 11) is 1.36. The molecule has 1 aromatic rings. The number of rotatable bonds is 2. The van der Waals surface area contributed by atoms with Gasteiger partial charge in [0.2, 0.25) is 5.91 Å². The van der Waals surface area contributed by atoms with Crippen LogP contribution >= 0.6 is 0 Å². The predicted molar refractivity (Wildman–Crippen MR) is 74.8 cm³/mol. The van der Waals surface area contributed by atoms with Crippen molar-refractivity contribution in [1.82, 2.24) is 9.88 Å². The monoisotopic (exact) mass is 277 g/mol. The number of carbonyl (C=O) groups excluding carboxylic acids is 2. The first-order valence-electron chi connectivity index (χ1n) is 6.58. The fraction of sp³-hybridized carbons (Fsp3) is 0.500. The smallest absolute Gasteiger partial charge is 0.339 e. The summed E-state index contributed by atoms with van der Waals surface area (Å²) in [5, 5.41) is 0. The molecular formula is C14H19N3O3. The van der Waals surface area contributed by atoms with Crippen LogP contribution in [-0.2, 0) is 9.53 Å². The predicted octanol–water partition coefficient (Wildman–Crippen LogP) is 0.845. The van der Waals surface area contributed by atoms with Gasteiger partial charge in [0.05, 0.1) is 12.7 Å². The van der Waals surface area contributed by atoms with Crippen LogP contribution in [0.1, 0.15) is 22.8 Å². The molecule has 1 fully saturated rings. The number of amides is 1. The van der Waals surface area contributed by atoms with Crippen LogP contribution in [0.2, 0.25) is 0 Å². The zero-order chi connectivity index (χ0) is 14.7. The van der Waals surface area contributed by atoms with Crippen molar-refractivity contribution in [1.29, 1.82) is 0 Å². The molecule has 1 aliphatic heterocycles. The van der Waals surface area contributed by atoms with E-state index in [1.54, 1.807) is 13.1 Å². The number of hydrogen-bond donors (Lipinski definition) is 0. The normalized spacial score (nSPS) is 15.2. The maximum Gasteiger partial charge on any atom is 0.339 e. The van der Waals surface area contributed by atoms with Crippen LogP contribution < -0.4 is 4.90 Å². The highest BCUT2D eigenvalue weighted by molar-refractivity contribution is 5.90. The van der Waals surface area contributed by atoms with Crippen LogP contribution in [-0.4, -0.2) is 55.0 Å². The average molecular weight is 277 g/mol. The number of aromatic nitrogens is 1. The summed E-state index contributed by atoms with van der Waals surface area (Å²) in [6.07, 6.45) is 1.55. The molecule has 0 atom stereocenters. The Labute approximate surface area is 118 Å². The van der Waals surface area contributed by atoms with Crippen molar-refractivity contribution in [3.8, 4) is 0 Å². The lowest BCUT2D eigenvalue weighted by molar-refractivity contribution is -0.129. The summed E-state index contributed by atoms with van der Waals surface area (Å²) in [5.41, 5.74) is 1.33. The number of aryl methyl sites for hydroxylation is 1. The number of pyridine rings is 1. The minimum Gasteiger partial charge on any atom is -0.465 e. The number of methoxy groups -OCH3 is 1. The van der Waals surface area contributed by atoms with Crippen molar-refractivity contribution in [3.05, 3.63) is 23.4 Å². The fourth-order valence-electron chi connectivity index (χ4n) is 2.29. The number of anilines is 1. The SMILES string of the molecule is COC(=O)c1cnc(N2CCN(C(C)=O)CC2)cc1C. The second-order valence-electron chi connectivity index (χ2n) is 4.84. The van der Waals surface area contributed by atoms with Crippen molar-refractivity contribution in [2.75, 3.05) is 38.2 Å². The van der Waals surface area contributed by atoms with Crippen molar-refractivity contribution < 1.29 is 14.3 Å². The maximum atomic E-state index is 11.5. The standard InChI is InChI=1S/C14H19N3O3/c1-10-8-13(15-9-12(10)14(19)20-3)17-6-4-16(5-7-17)11(2)18/h8-9H,4-7H2,1-3H3. The zero-order valence-electron chi connectivity index (χ0n) is 12.0. The van der Waals surface area contributed by atoms with Gasteiger partial charge < -0.3 is 14.5 Å². The van der Waals surface area contributed by atoms with Crippen LogP contribution in [0.4, 0.5) is 5.82 Å². The van der Waals surface area contributed by atoms with Gasteiger partial charge in [-0.15, -0.1) is 0 Å². The van der Waals surface area contributed by atoms with Crippen LogP contribution in [0, 0.1) is 6.92 Å². The Morgan fingerprint density at radius 1 is 1.25 bits per heavy atom. The highest BCUT2D eigenvalue weighted by Gasteiger charge is 2.20. The van der Waals surface area contributed by atoms with Crippen molar-refractivity contribution >= 4 is 17.7 Å². The molecule has 0 bridgehead atoms. The van der Waals surface area contributed by atoms with Crippen LogP contribution in [0.5, 0.6) is 0 Å². The number of piperazine rings is 1. The van der Waals surface area contributed by atoms with Crippen LogP contribution in [0.3, 0.4) is 0 Å². The third-order valence-corrected chi connectivity index (χ3v) is 3.55. The fourth-order valence-corrected chi connectivity index (χ4v) is 2.29. The molecule has 1 saturated heterocycles. The van der Waals surface area contributed by atoms with Crippen molar-refractivity contribution in [2.45, 2.75) is 13.8 Å². The number of ether oxygens (including phenoxy) is 1. The van der Waals surface area contributed by atoms with Gasteiger partial charge in [0.15, 0.2) is 0 Å². The van der Waals surface area contributed by atoms with E-state index in [0.29, 0.717) is 18.7 Å². The lowest BCUT2D eigenvalue weighted by atomic mass is 10.1. The summed E-state index contributed by atoms with van der Waals surface area (Å²) in [6.45, 7) is 6.36. The van der Waals surface area contributed by atoms with E-state index in [9.17, 15) is 9.59 Å². The largest absolute Gasteiger partial charge is 0.465 e. The quantitative estimate of drug-likeness (QED) is 0.750. The van der Waals surface area contributed by atoms with Gasteiger partial charge in [0, 0.05) is 39.3 Å². The molecule has 0 aliphatic carbocycles. The minimum atomic E-state index is -0.372. The molecule has 108 valence electrons. The van der Waals surface area contributed by atoms with E-state index in [1.165, 1.54) is 7.11 Å². The highest BCUT2D eigenvalue weighted by atomic mass is 16.5. The molecule has 0 N–H and O–H groups in total. The molecule has 0 radical (unpaired) electrons. The molecule has 2 heterocycles. The first-order chi connectivity index (χ1) is 9.52. The van der Waals surface area contributed by atoms with E-state index in [0.717, 1.165) is 24.5 Å². The van der Waals surface area contributed by atoms with Gasteiger partial charge in [-0.1, -0.05) is 0 Å². The molecule has 1 amide bonds. The van der Waals surface area contributed by atoms with Gasteiger partial charge in [-0.25, -0.2) is 9.78 Å². The van der Waals surface area contributed by atoms with Gasteiger partial charge >= 0.3 is 5.97 Å². The number of carbonyl (C=O) groups is 2. The Balaban J connectivity index is 2.09. The molecule has 0 aromatic carbocycles. The van der Waals surface area contributed by atoms with E-state index in [-0.39, 0.29) is 11.9 Å². The van der Waals surface area contributed by atoms with E-state index in [1.807, 2.05) is 17.9 Å². The van der Waals surface area contributed by atoms with Crippen LogP contribution in [0.15, 0.2) is 12.3 Å². The first kappa shape index (κ1) is 14.3. The van der Waals surface area contributed by atoms with Gasteiger partial charge in [0.25, 0.3) is 0 Å². The Hall–Kier alpha value is -2.11. The summed E-state index contributed by atoms with van der Waals surface area (Å²) in [4.78, 5) is 31.1. The lowest BCUT2D eigenvalue weighted by Crippen LogP contribution is -2.48. The molecule has 0 spiro atoms. The summed E-state index contributed by atoms with van der Waals surface area (Å²) in [6, 6.07) is 1.88. The van der Waals surface area contributed by atoms with Crippen LogP contribution in [0.25, 0.3) is 0 Å². The van der Waals surface area contributed by atoms with E-state index in [2.05, 4.69) is 9.88 Å². The molecular weight excluding hydrogens is 258 g/mol. The Morgan fingerprint density at radius 2 is 1.90 bits per heavy atom. The Kier molecular flexibility index (Phi) is 4.22. The van der Waals surface area contributed by atoms with E-state index in [4.69, 9.17) is 4.74 Å². The highest BCUT2D eigenvalue weighted by Crippen LogP contribution is 2.18. The number of nitrogens with zero attached hydrogens (tertiary/aromatic N) is 3. The maximum absolute atomic E-state index is 11.5. The molecule has 6 heteroatoms. The number of esters is 1. The third kappa shape index (κ3) is 2.89. The molecule has 0 unspecified atom stereocenters. The second kappa shape index (κ2) is 5.90. The number of hydrogen-bond acceptors (Lipinski definition) is 5. The van der Waals surface area contributed by atoms with E-state index < -0.39 is 0 Å². The van der Waals surface area contributed by atoms with Gasteiger partial charge in [0.1, 0.15) is 5.82 Å². The Bertz CT molecular complexity index is 522. The van der Waals surface area contributed by atoms with Gasteiger partial charge in [-0.2, -0.15) is 0 Å². The summed E-state index contributed by atoms with van der Waals surface area (Å²) >= 11 is 0. The summed E-state index contributed by atoms with van der Waals surface area (Å²) in [5.74, 6) is 0.566. The first-order valence-corrected chi connectivity index (χ1v) is 6.58. The molecule has 2 rings (SSSR count). The lowest BCUT2D eigenvalue weighted by Gasteiger charge is -2.35.